The smallest absolute Gasteiger partial charge is 0.310 e. The number of nitro groups is 1. The van der Waals surface area contributed by atoms with Gasteiger partial charge in [-0.15, -0.1) is 0 Å². The first-order chi connectivity index (χ1) is 8.88. The Hall–Kier alpha value is -2.12. The zero-order valence-electron chi connectivity index (χ0n) is 10.4. The molecule has 0 unspecified atom stereocenters. The number of aryl methyl sites for hydroxylation is 1. The van der Waals surface area contributed by atoms with Crippen molar-refractivity contribution in [2.24, 2.45) is 0 Å². The van der Waals surface area contributed by atoms with Crippen LogP contribution in [0, 0.1) is 17.0 Å². The lowest BCUT2D eigenvalue weighted by Gasteiger charge is -2.11. The van der Waals surface area contributed by atoms with Crippen molar-refractivity contribution in [3.8, 4) is 0 Å². The van der Waals surface area contributed by atoms with E-state index in [0.717, 1.165) is 6.20 Å². The lowest BCUT2D eigenvalue weighted by Crippen LogP contribution is -2.13. The standard InChI is InChI=1S/C11H12F2N2O4/c1-3-19-9(16)4-7-8(15(17)18)5-14-6(2)10(7)11(12)13/h5,11H,3-4H2,1-2H3. The number of pyridine rings is 1. The molecule has 104 valence electrons. The molecule has 19 heavy (non-hydrogen) atoms. The third-order valence-corrected chi connectivity index (χ3v) is 2.45. The number of halogens is 2. The Morgan fingerprint density at radius 3 is 2.68 bits per heavy atom. The van der Waals surface area contributed by atoms with E-state index in [0.29, 0.717) is 0 Å². The number of alkyl halides is 2. The second-order valence-corrected chi connectivity index (χ2v) is 3.66. The number of hydrogen-bond acceptors (Lipinski definition) is 5. The molecule has 0 N–H and O–H groups in total. The molecule has 0 saturated heterocycles. The molecular weight excluding hydrogens is 262 g/mol. The summed E-state index contributed by atoms with van der Waals surface area (Å²) in [6.07, 6.45) is -2.65. The van der Waals surface area contributed by atoms with E-state index < -0.39 is 35.0 Å². The monoisotopic (exact) mass is 274 g/mol. The topological polar surface area (TPSA) is 82.3 Å². The van der Waals surface area contributed by atoms with E-state index in [1.54, 1.807) is 6.92 Å². The largest absolute Gasteiger partial charge is 0.466 e. The Balaban J connectivity index is 3.33. The van der Waals surface area contributed by atoms with Gasteiger partial charge in [0.05, 0.1) is 23.5 Å². The maximum Gasteiger partial charge on any atom is 0.310 e. The molecule has 0 saturated carbocycles. The van der Waals surface area contributed by atoms with Gasteiger partial charge in [0.2, 0.25) is 0 Å². The molecule has 1 heterocycles. The van der Waals surface area contributed by atoms with Crippen LogP contribution in [0.4, 0.5) is 14.5 Å². The molecule has 1 aromatic rings. The fourth-order valence-corrected chi connectivity index (χ4v) is 1.65. The first kappa shape index (κ1) is 14.9. The molecule has 1 aromatic heterocycles. The summed E-state index contributed by atoms with van der Waals surface area (Å²) in [7, 11) is 0. The van der Waals surface area contributed by atoms with Gasteiger partial charge < -0.3 is 4.74 Å². The third kappa shape index (κ3) is 3.43. The van der Waals surface area contributed by atoms with Gasteiger partial charge in [0, 0.05) is 11.3 Å². The van der Waals surface area contributed by atoms with E-state index in [-0.39, 0.29) is 17.9 Å². The van der Waals surface area contributed by atoms with Gasteiger partial charge in [-0.1, -0.05) is 0 Å². The highest BCUT2D eigenvalue weighted by molar-refractivity contribution is 5.75. The molecule has 6 nitrogen and oxygen atoms in total. The van der Waals surface area contributed by atoms with Gasteiger partial charge in [-0.2, -0.15) is 0 Å². The molecule has 0 aliphatic heterocycles. The van der Waals surface area contributed by atoms with Crippen molar-refractivity contribution in [3.63, 3.8) is 0 Å². The second kappa shape index (κ2) is 6.17. The average molecular weight is 274 g/mol. The van der Waals surface area contributed by atoms with Crippen LogP contribution in [0.25, 0.3) is 0 Å². The van der Waals surface area contributed by atoms with Crippen LogP contribution in [-0.4, -0.2) is 22.5 Å². The summed E-state index contributed by atoms with van der Waals surface area (Å²) in [6.45, 7) is 2.93. The predicted octanol–water partition coefficient (Wildman–Crippen LogP) is 2.34. The zero-order valence-corrected chi connectivity index (χ0v) is 10.4. The molecule has 0 aliphatic rings. The predicted molar refractivity (Wildman–Crippen MR) is 60.9 cm³/mol. The van der Waals surface area contributed by atoms with Crippen molar-refractivity contribution >= 4 is 11.7 Å². The van der Waals surface area contributed by atoms with Gasteiger partial charge in [0.25, 0.3) is 12.1 Å². The number of rotatable bonds is 5. The van der Waals surface area contributed by atoms with Crippen LogP contribution in [-0.2, 0) is 16.0 Å². The van der Waals surface area contributed by atoms with Crippen LogP contribution in [0.1, 0.15) is 30.2 Å². The van der Waals surface area contributed by atoms with Crippen LogP contribution in [0.15, 0.2) is 6.20 Å². The molecule has 0 spiro atoms. The van der Waals surface area contributed by atoms with Crippen molar-refractivity contribution in [3.05, 3.63) is 33.1 Å². The summed E-state index contributed by atoms with van der Waals surface area (Å²) in [6, 6.07) is 0. The van der Waals surface area contributed by atoms with Crippen LogP contribution in [0.5, 0.6) is 0 Å². The van der Waals surface area contributed by atoms with Gasteiger partial charge in [-0.25, -0.2) is 8.78 Å². The minimum Gasteiger partial charge on any atom is -0.466 e. The van der Waals surface area contributed by atoms with Gasteiger partial charge >= 0.3 is 5.97 Å². The molecule has 0 aliphatic carbocycles. The highest BCUT2D eigenvalue weighted by Crippen LogP contribution is 2.31. The second-order valence-electron chi connectivity index (χ2n) is 3.66. The lowest BCUT2D eigenvalue weighted by molar-refractivity contribution is -0.386. The van der Waals surface area contributed by atoms with E-state index in [9.17, 15) is 23.7 Å². The number of ether oxygens (including phenoxy) is 1. The van der Waals surface area contributed by atoms with Crippen LogP contribution < -0.4 is 0 Å². The lowest BCUT2D eigenvalue weighted by atomic mass is 10.0. The maximum atomic E-state index is 13.0. The molecule has 0 amide bonds. The molecule has 0 fully saturated rings. The molecule has 0 atom stereocenters. The fourth-order valence-electron chi connectivity index (χ4n) is 1.65. The normalized spacial score (nSPS) is 10.6. The molecule has 0 radical (unpaired) electrons. The van der Waals surface area contributed by atoms with Crippen LogP contribution in [0.2, 0.25) is 0 Å². The quantitative estimate of drug-likeness (QED) is 0.467. The Kier molecular flexibility index (Phi) is 4.85. The van der Waals surface area contributed by atoms with Gasteiger partial charge in [-0.05, 0) is 13.8 Å². The molecule has 1 rings (SSSR count). The molecular formula is C11H12F2N2O4. The Bertz CT molecular complexity index is 506. The Morgan fingerprint density at radius 1 is 1.58 bits per heavy atom. The van der Waals surface area contributed by atoms with Crippen LogP contribution in [0.3, 0.4) is 0 Å². The van der Waals surface area contributed by atoms with Gasteiger partial charge in [-0.3, -0.25) is 19.9 Å². The summed E-state index contributed by atoms with van der Waals surface area (Å²) < 4.78 is 30.5. The van der Waals surface area contributed by atoms with Crippen molar-refractivity contribution in [1.29, 1.82) is 0 Å². The first-order valence-electron chi connectivity index (χ1n) is 5.45. The van der Waals surface area contributed by atoms with Crippen LogP contribution >= 0.6 is 0 Å². The SMILES string of the molecule is CCOC(=O)Cc1c([N+](=O)[O-])cnc(C)c1C(F)F. The van der Waals surface area contributed by atoms with E-state index in [1.165, 1.54) is 6.92 Å². The number of aromatic nitrogens is 1. The van der Waals surface area contributed by atoms with Gasteiger partial charge in [0.15, 0.2) is 0 Å². The minimum absolute atomic E-state index is 0.0418. The molecule has 0 bridgehead atoms. The molecule has 8 heteroatoms. The first-order valence-corrected chi connectivity index (χ1v) is 5.45. The Morgan fingerprint density at radius 2 is 2.21 bits per heavy atom. The van der Waals surface area contributed by atoms with E-state index in [4.69, 9.17) is 0 Å². The van der Waals surface area contributed by atoms with Crippen molar-refractivity contribution in [2.45, 2.75) is 26.7 Å². The number of carbonyl (C=O) groups excluding carboxylic acids is 1. The highest BCUT2D eigenvalue weighted by Gasteiger charge is 2.27. The number of carbonyl (C=O) groups is 1. The fraction of sp³-hybridized carbons (Fsp3) is 0.455. The average Bonchev–Trinajstić information content (AvgIpc) is 2.28. The summed E-state index contributed by atoms with van der Waals surface area (Å²) in [5.74, 6) is -0.793. The van der Waals surface area contributed by atoms with Crippen molar-refractivity contribution in [2.75, 3.05) is 6.61 Å². The van der Waals surface area contributed by atoms with E-state index in [2.05, 4.69) is 9.72 Å². The summed E-state index contributed by atoms with van der Waals surface area (Å²) in [4.78, 5) is 24.9. The number of esters is 1. The van der Waals surface area contributed by atoms with Crippen molar-refractivity contribution in [1.82, 2.24) is 4.98 Å². The zero-order chi connectivity index (χ0) is 14.6. The van der Waals surface area contributed by atoms with Gasteiger partial charge in [0.1, 0.15) is 6.20 Å². The van der Waals surface area contributed by atoms with Crippen molar-refractivity contribution < 1.29 is 23.2 Å². The van der Waals surface area contributed by atoms with E-state index >= 15 is 0 Å². The minimum atomic E-state index is -2.95. The summed E-state index contributed by atoms with van der Waals surface area (Å²) in [5, 5.41) is 10.8. The highest BCUT2D eigenvalue weighted by atomic mass is 19.3. The third-order valence-electron chi connectivity index (χ3n) is 2.45. The summed E-state index contributed by atoms with van der Waals surface area (Å²) in [5.41, 5.74) is -1.57. The van der Waals surface area contributed by atoms with E-state index in [1.807, 2.05) is 0 Å². The number of hydrogen-bond donors (Lipinski definition) is 0. The maximum absolute atomic E-state index is 13.0. The number of nitrogens with zero attached hydrogens (tertiary/aromatic N) is 2. The molecule has 0 aromatic carbocycles. The summed E-state index contributed by atoms with van der Waals surface area (Å²) >= 11 is 0. The Labute approximate surface area is 107 Å².